The Morgan fingerprint density at radius 1 is 1.38 bits per heavy atom. The average Bonchev–Trinajstić information content (AvgIpc) is 2.93. The summed E-state index contributed by atoms with van der Waals surface area (Å²) in [6.45, 7) is 7.89. The van der Waals surface area contributed by atoms with Crippen molar-refractivity contribution < 1.29 is 9.53 Å². The zero-order valence-corrected chi connectivity index (χ0v) is 15.0. The van der Waals surface area contributed by atoms with Crippen LogP contribution in [0.15, 0.2) is 29.4 Å². The molecule has 2 heterocycles. The molecule has 1 aromatic carbocycles. The summed E-state index contributed by atoms with van der Waals surface area (Å²) in [6.07, 6.45) is 0.103. The second kappa shape index (κ2) is 7.36. The third-order valence-electron chi connectivity index (χ3n) is 3.97. The molecule has 1 unspecified atom stereocenters. The third-order valence-corrected chi connectivity index (χ3v) is 4.89. The van der Waals surface area contributed by atoms with Crippen molar-refractivity contribution in [3.8, 4) is 5.69 Å². The van der Waals surface area contributed by atoms with Gasteiger partial charge in [0.25, 0.3) is 0 Å². The van der Waals surface area contributed by atoms with Crippen LogP contribution in [0, 0.1) is 13.8 Å². The average molecular weight is 346 g/mol. The molecule has 6 nitrogen and oxygen atoms in total. The molecule has 0 saturated carbocycles. The highest BCUT2D eigenvalue weighted by atomic mass is 32.2. The molecule has 0 N–H and O–H groups in total. The minimum Gasteiger partial charge on any atom is -0.375 e. The second-order valence-electron chi connectivity index (χ2n) is 6.01. The van der Waals surface area contributed by atoms with Crippen LogP contribution in [0.5, 0.6) is 0 Å². The van der Waals surface area contributed by atoms with E-state index < -0.39 is 0 Å². The fourth-order valence-corrected chi connectivity index (χ4v) is 3.66. The molecular formula is C17H22N4O2S. The van der Waals surface area contributed by atoms with Gasteiger partial charge < -0.3 is 9.64 Å². The van der Waals surface area contributed by atoms with E-state index in [1.54, 1.807) is 0 Å². The zero-order valence-electron chi connectivity index (χ0n) is 14.2. The number of thioether (sulfide) groups is 1. The number of morpholine rings is 1. The number of hydrogen-bond donors (Lipinski definition) is 0. The number of carbonyl (C=O) groups is 1. The Labute approximate surface area is 146 Å². The third kappa shape index (κ3) is 3.79. The van der Waals surface area contributed by atoms with Crippen LogP contribution in [0.2, 0.25) is 0 Å². The summed E-state index contributed by atoms with van der Waals surface area (Å²) in [5, 5.41) is 9.15. The van der Waals surface area contributed by atoms with Crippen molar-refractivity contribution >= 4 is 17.7 Å². The molecule has 0 bridgehead atoms. The van der Waals surface area contributed by atoms with E-state index in [1.165, 1.54) is 17.3 Å². The highest BCUT2D eigenvalue weighted by molar-refractivity contribution is 7.99. The van der Waals surface area contributed by atoms with Gasteiger partial charge in [0.2, 0.25) is 5.91 Å². The van der Waals surface area contributed by atoms with Crippen LogP contribution in [-0.4, -0.2) is 57.1 Å². The van der Waals surface area contributed by atoms with E-state index in [0.717, 1.165) is 16.7 Å². The van der Waals surface area contributed by atoms with E-state index in [9.17, 15) is 4.79 Å². The first-order valence-electron chi connectivity index (χ1n) is 8.06. The van der Waals surface area contributed by atoms with E-state index in [0.29, 0.717) is 25.4 Å². The maximum absolute atomic E-state index is 12.4. The van der Waals surface area contributed by atoms with Gasteiger partial charge in [0.05, 0.1) is 18.5 Å². The number of aromatic nitrogens is 3. The van der Waals surface area contributed by atoms with Gasteiger partial charge in [-0.1, -0.05) is 23.9 Å². The molecule has 3 rings (SSSR count). The minimum absolute atomic E-state index is 0.103. The lowest BCUT2D eigenvalue weighted by atomic mass is 10.2. The summed E-state index contributed by atoms with van der Waals surface area (Å²) >= 11 is 1.43. The smallest absolute Gasteiger partial charge is 0.233 e. The predicted molar refractivity (Wildman–Crippen MR) is 93.6 cm³/mol. The highest BCUT2D eigenvalue weighted by Crippen LogP contribution is 2.23. The Morgan fingerprint density at radius 2 is 2.21 bits per heavy atom. The van der Waals surface area contributed by atoms with Gasteiger partial charge in [-0.2, -0.15) is 0 Å². The summed E-state index contributed by atoms with van der Waals surface area (Å²) in [5.41, 5.74) is 2.20. The van der Waals surface area contributed by atoms with Gasteiger partial charge in [-0.15, -0.1) is 10.2 Å². The van der Waals surface area contributed by atoms with Crippen molar-refractivity contribution in [2.24, 2.45) is 0 Å². The molecule has 1 aliphatic heterocycles. The Hall–Kier alpha value is -1.86. The van der Waals surface area contributed by atoms with Crippen molar-refractivity contribution in [3.05, 3.63) is 35.7 Å². The van der Waals surface area contributed by atoms with Gasteiger partial charge in [0.1, 0.15) is 5.82 Å². The summed E-state index contributed by atoms with van der Waals surface area (Å²) < 4.78 is 7.48. The molecule has 2 aromatic rings. The minimum atomic E-state index is 0.103. The molecule has 1 fully saturated rings. The SMILES string of the molecule is Cc1cccc(-n2c(C)nnc2SCC(=O)N2CCOC(C)C2)c1. The molecular weight excluding hydrogens is 324 g/mol. The molecule has 0 aliphatic carbocycles. The maximum atomic E-state index is 12.4. The molecule has 1 saturated heterocycles. The molecule has 1 atom stereocenters. The largest absolute Gasteiger partial charge is 0.375 e. The highest BCUT2D eigenvalue weighted by Gasteiger charge is 2.22. The van der Waals surface area contributed by atoms with Gasteiger partial charge in [-0.3, -0.25) is 9.36 Å². The number of carbonyl (C=O) groups excluding carboxylic acids is 1. The van der Waals surface area contributed by atoms with Crippen molar-refractivity contribution in [3.63, 3.8) is 0 Å². The Balaban J connectivity index is 1.71. The molecule has 7 heteroatoms. The predicted octanol–water partition coefficient (Wildman–Crippen LogP) is 2.22. The van der Waals surface area contributed by atoms with Crippen LogP contribution in [0.3, 0.4) is 0 Å². The lowest BCUT2D eigenvalue weighted by Gasteiger charge is -2.31. The summed E-state index contributed by atoms with van der Waals surface area (Å²) in [4.78, 5) is 14.3. The lowest BCUT2D eigenvalue weighted by Crippen LogP contribution is -2.45. The van der Waals surface area contributed by atoms with Crippen LogP contribution >= 0.6 is 11.8 Å². The molecule has 0 spiro atoms. The molecule has 1 amide bonds. The van der Waals surface area contributed by atoms with E-state index in [-0.39, 0.29) is 12.0 Å². The van der Waals surface area contributed by atoms with Gasteiger partial charge in [0.15, 0.2) is 5.16 Å². The Morgan fingerprint density at radius 3 is 2.96 bits per heavy atom. The van der Waals surface area contributed by atoms with E-state index in [2.05, 4.69) is 29.3 Å². The van der Waals surface area contributed by atoms with Gasteiger partial charge >= 0.3 is 0 Å². The number of benzene rings is 1. The monoisotopic (exact) mass is 346 g/mol. The number of nitrogens with zero attached hydrogens (tertiary/aromatic N) is 4. The number of amides is 1. The molecule has 24 heavy (non-hydrogen) atoms. The quantitative estimate of drug-likeness (QED) is 0.795. The van der Waals surface area contributed by atoms with Crippen molar-refractivity contribution in [2.75, 3.05) is 25.4 Å². The normalized spacial score (nSPS) is 18.0. The zero-order chi connectivity index (χ0) is 17.1. The first-order valence-corrected chi connectivity index (χ1v) is 9.04. The first-order chi connectivity index (χ1) is 11.5. The van der Waals surface area contributed by atoms with Crippen LogP contribution in [-0.2, 0) is 9.53 Å². The van der Waals surface area contributed by atoms with Gasteiger partial charge in [-0.25, -0.2) is 0 Å². The van der Waals surface area contributed by atoms with Gasteiger partial charge in [0, 0.05) is 18.8 Å². The fraction of sp³-hybridized carbons (Fsp3) is 0.471. The lowest BCUT2D eigenvalue weighted by molar-refractivity contribution is -0.135. The number of rotatable bonds is 4. The van der Waals surface area contributed by atoms with E-state index in [4.69, 9.17) is 4.74 Å². The van der Waals surface area contributed by atoms with Crippen LogP contribution < -0.4 is 0 Å². The summed E-state index contributed by atoms with van der Waals surface area (Å²) in [7, 11) is 0. The van der Waals surface area contributed by atoms with Crippen molar-refractivity contribution in [1.29, 1.82) is 0 Å². The maximum Gasteiger partial charge on any atom is 0.233 e. The van der Waals surface area contributed by atoms with Crippen molar-refractivity contribution in [2.45, 2.75) is 32.0 Å². The Kier molecular flexibility index (Phi) is 5.20. The van der Waals surface area contributed by atoms with E-state index >= 15 is 0 Å². The molecule has 1 aliphatic rings. The summed E-state index contributed by atoms with van der Waals surface area (Å²) in [5.74, 6) is 1.29. The fourth-order valence-electron chi connectivity index (χ4n) is 2.76. The number of aryl methyl sites for hydroxylation is 2. The van der Waals surface area contributed by atoms with Crippen LogP contribution in [0.1, 0.15) is 18.3 Å². The number of ether oxygens (including phenoxy) is 1. The molecule has 1 aromatic heterocycles. The van der Waals surface area contributed by atoms with Gasteiger partial charge in [-0.05, 0) is 38.5 Å². The summed E-state index contributed by atoms with van der Waals surface area (Å²) in [6, 6.07) is 8.18. The molecule has 0 radical (unpaired) electrons. The first kappa shape index (κ1) is 17.0. The second-order valence-corrected chi connectivity index (χ2v) is 6.96. The standard InChI is InChI=1S/C17H22N4O2S/c1-12-5-4-6-15(9-12)21-14(3)18-19-17(21)24-11-16(22)20-7-8-23-13(2)10-20/h4-6,9,13H,7-8,10-11H2,1-3H3. The van der Waals surface area contributed by atoms with E-state index in [1.807, 2.05) is 35.4 Å². The molecule has 128 valence electrons. The van der Waals surface area contributed by atoms with Crippen molar-refractivity contribution in [1.82, 2.24) is 19.7 Å². The van der Waals surface area contributed by atoms with Crippen LogP contribution in [0.25, 0.3) is 5.69 Å². The Bertz CT molecular complexity index is 731. The number of hydrogen-bond acceptors (Lipinski definition) is 5. The van der Waals surface area contributed by atoms with Crippen LogP contribution in [0.4, 0.5) is 0 Å². The topological polar surface area (TPSA) is 60.2 Å².